The molecular formula is C9H17N3. The lowest BCUT2D eigenvalue weighted by molar-refractivity contribution is 0.376. The number of nitrogens with one attached hydrogen (secondary N) is 2. The van der Waals surface area contributed by atoms with Crippen LogP contribution in [0.25, 0.3) is 0 Å². The van der Waals surface area contributed by atoms with Crippen molar-refractivity contribution < 1.29 is 0 Å². The van der Waals surface area contributed by atoms with Gasteiger partial charge in [-0.25, -0.2) is 0 Å². The molecule has 0 aliphatic carbocycles. The van der Waals surface area contributed by atoms with E-state index in [1.165, 1.54) is 0 Å². The number of rotatable bonds is 2. The molecule has 1 aliphatic heterocycles. The van der Waals surface area contributed by atoms with E-state index in [0.29, 0.717) is 0 Å². The fraction of sp³-hybridized carbons (Fsp3) is 0.556. The molecule has 3 nitrogen and oxygen atoms in total. The van der Waals surface area contributed by atoms with Crippen molar-refractivity contribution in [2.75, 3.05) is 32.7 Å². The minimum Gasteiger partial charge on any atom is -0.314 e. The van der Waals surface area contributed by atoms with Crippen LogP contribution in [0.2, 0.25) is 0 Å². The van der Waals surface area contributed by atoms with E-state index in [0.717, 1.165) is 32.7 Å². The summed E-state index contributed by atoms with van der Waals surface area (Å²) in [5.74, 6) is 0. The van der Waals surface area contributed by atoms with E-state index < -0.39 is 0 Å². The Kier molecular flexibility index (Phi) is 4.99. The molecule has 1 rings (SSSR count). The van der Waals surface area contributed by atoms with E-state index >= 15 is 0 Å². The van der Waals surface area contributed by atoms with Gasteiger partial charge in [-0.1, -0.05) is 6.08 Å². The molecule has 12 heavy (non-hydrogen) atoms. The van der Waals surface area contributed by atoms with Gasteiger partial charge in [-0.3, -0.25) is 4.90 Å². The maximum atomic E-state index is 3.72. The van der Waals surface area contributed by atoms with Crippen molar-refractivity contribution in [2.45, 2.75) is 0 Å². The first-order chi connectivity index (χ1) is 5.93. The van der Waals surface area contributed by atoms with Crippen LogP contribution < -0.4 is 10.6 Å². The summed E-state index contributed by atoms with van der Waals surface area (Å²) in [6.45, 7) is 12.8. The van der Waals surface area contributed by atoms with Gasteiger partial charge in [0.05, 0.1) is 0 Å². The van der Waals surface area contributed by atoms with Gasteiger partial charge in [0.15, 0.2) is 0 Å². The monoisotopic (exact) mass is 167 g/mol. The Morgan fingerprint density at radius 2 is 2.33 bits per heavy atom. The van der Waals surface area contributed by atoms with Gasteiger partial charge in [0.25, 0.3) is 0 Å². The average molecular weight is 167 g/mol. The highest BCUT2D eigenvalue weighted by Gasteiger charge is 2.04. The number of hydrogen-bond acceptors (Lipinski definition) is 3. The standard InChI is InChI=1S/C9H17N3/c1-2-7-12-8-5-10-3-4-11-6-9-12/h2,5,8,10-11H,1,3-4,6-7,9H2. The molecule has 1 saturated heterocycles. The first-order valence-electron chi connectivity index (χ1n) is 4.39. The molecule has 1 aliphatic rings. The highest BCUT2D eigenvalue weighted by Crippen LogP contribution is 1.95. The second-order valence-corrected chi connectivity index (χ2v) is 2.80. The first-order valence-corrected chi connectivity index (χ1v) is 4.39. The summed E-state index contributed by atoms with van der Waals surface area (Å²) >= 11 is 0. The topological polar surface area (TPSA) is 27.3 Å². The summed E-state index contributed by atoms with van der Waals surface area (Å²) in [5, 5.41) is 6.53. The third kappa shape index (κ3) is 3.85. The first kappa shape index (κ1) is 9.71. The normalized spacial score (nSPS) is 22.3. The summed E-state index contributed by atoms with van der Waals surface area (Å²) in [4.78, 5) is 2.22. The summed E-state index contributed by atoms with van der Waals surface area (Å²) in [5.41, 5.74) is 0. The second-order valence-electron chi connectivity index (χ2n) is 2.80. The van der Waals surface area contributed by atoms with Crippen molar-refractivity contribution in [1.29, 1.82) is 0 Å². The van der Waals surface area contributed by atoms with Crippen molar-refractivity contribution in [1.82, 2.24) is 15.5 Å². The fourth-order valence-corrected chi connectivity index (χ4v) is 1.14. The highest BCUT2D eigenvalue weighted by atomic mass is 15.2. The number of hydrogen-bond donors (Lipinski definition) is 2. The maximum absolute atomic E-state index is 3.72. The van der Waals surface area contributed by atoms with Crippen molar-refractivity contribution in [2.24, 2.45) is 0 Å². The molecule has 68 valence electrons. The van der Waals surface area contributed by atoms with Gasteiger partial charge in [0, 0.05) is 45.8 Å². The molecule has 0 aromatic rings. The van der Waals surface area contributed by atoms with Crippen LogP contribution in [-0.2, 0) is 0 Å². The molecule has 0 saturated carbocycles. The van der Waals surface area contributed by atoms with Crippen LogP contribution in [0.4, 0.5) is 0 Å². The van der Waals surface area contributed by atoms with Crippen LogP contribution in [0.3, 0.4) is 0 Å². The molecule has 0 unspecified atom stereocenters. The lowest BCUT2D eigenvalue weighted by Crippen LogP contribution is -2.30. The van der Waals surface area contributed by atoms with Crippen molar-refractivity contribution >= 4 is 0 Å². The van der Waals surface area contributed by atoms with Crippen LogP contribution in [0.15, 0.2) is 12.7 Å². The van der Waals surface area contributed by atoms with Crippen molar-refractivity contribution in [3.8, 4) is 0 Å². The lowest BCUT2D eigenvalue weighted by Gasteiger charge is -2.18. The second kappa shape index (κ2) is 6.17. The van der Waals surface area contributed by atoms with E-state index in [1.807, 2.05) is 12.6 Å². The predicted octanol–water partition coefficient (Wildman–Crippen LogP) is -0.00922. The quantitative estimate of drug-likeness (QED) is 0.566. The highest BCUT2D eigenvalue weighted by molar-refractivity contribution is 4.87. The Balaban J connectivity index is 2.23. The zero-order valence-electron chi connectivity index (χ0n) is 7.42. The Bertz CT molecular complexity index is 115. The molecule has 2 radical (unpaired) electrons. The average Bonchev–Trinajstić information content (AvgIpc) is 2.19. The van der Waals surface area contributed by atoms with E-state index in [1.54, 1.807) is 0 Å². The van der Waals surface area contributed by atoms with E-state index in [-0.39, 0.29) is 0 Å². The molecule has 0 atom stereocenters. The van der Waals surface area contributed by atoms with Crippen LogP contribution >= 0.6 is 0 Å². The summed E-state index contributed by atoms with van der Waals surface area (Å²) in [6.07, 6.45) is 1.92. The van der Waals surface area contributed by atoms with Crippen molar-refractivity contribution in [3.63, 3.8) is 0 Å². The molecule has 0 bridgehead atoms. The van der Waals surface area contributed by atoms with Crippen LogP contribution in [0.1, 0.15) is 0 Å². The summed E-state index contributed by atoms with van der Waals surface area (Å²) in [6, 6.07) is 0. The number of nitrogens with zero attached hydrogens (tertiary/aromatic N) is 1. The zero-order chi connectivity index (χ0) is 8.65. The molecule has 2 N–H and O–H groups in total. The summed E-state index contributed by atoms with van der Waals surface area (Å²) in [7, 11) is 0. The Morgan fingerprint density at radius 1 is 1.42 bits per heavy atom. The summed E-state index contributed by atoms with van der Waals surface area (Å²) < 4.78 is 0. The Hall–Kier alpha value is -0.380. The minimum atomic E-state index is 0.917. The molecular weight excluding hydrogens is 150 g/mol. The smallest absolute Gasteiger partial charge is 0.0440 e. The van der Waals surface area contributed by atoms with Gasteiger partial charge in [-0.05, 0) is 0 Å². The third-order valence-corrected chi connectivity index (χ3v) is 1.79. The van der Waals surface area contributed by atoms with Gasteiger partial charge in [0.2, 0.25) is 0 Å². The van der Waals surface area contributed by atoms with Gasteiger partial charge in [0.1, 0.15) is 0 Å². The fourth-order valence-electron chi connectivity index (χ4n) is 1.14. The van der Waals surface area contributed by atoms with E-state index in [9.17, 15) is 0 Å². The Morgan fingerprint density at radius 3 is 3.17 bits per heavy atom. The zero-order valence-corrected chi connectivity index (χ0v) is 7.42. The molecule has 0 aromatic heterocycles. The van der Waals surface area contributed by atoms with Gasteiger partial charge in [-0.15, -0.1) is 6.58 Å². The Labute approximate surface area is 74.8 Å². The SMILES string of the molecule is C=CCN1[CH][CH]NCCNCC1. The van der Waals surface area contributed by atoms with Gasteiger partial charge < -0.3 is 10.6 Å². The lowest BCUT2D eigenvalue weighted by atomic mass is 10.4. The van der Waals surface area contributed by atoms with Gasteiger partial charge >= 0.3 is 0 Å². The van der Waals surface area contributed by atoms with Crippen molar-refractivity contribution in [3.05, 3.63) is 25.7 Å². The molecule has 1 heterocycles. The molecule has 1 fully saturated rings. The molecule has 0 amide bonds. The molecule has 3 heteroatoms. The molecule has 0 spiro atoms. The minimum absolute atomic E-state index is 0.917. The van der Waals surface area contributed by atoms with Gasteiger partial charge in [-0.2, -0.15) is 0 Å². The van der Waals surface area contributed by atoms with E-state index in [4.69, 9.17) is 0 Å². The third-order valence-electron chi connectivity index (χ3n) is 1.79. The molecule has 0 aromatic carbocycles. The van der Waals surface area contributed by atoms with E-state index in [2.05, 4.69) is 28.7 Å². The largest absolute Gasteiger partial charge is 0.314 e. The van der Waals surface area contributed by atoms with Crippen LogP contribution in [0.5, 0.6) is 0 Å². The maximum Gasteiger partial charge on any atom is 0.0440 e. The van der Waals surface area contributed by atoms with Crippen LogP contribution in [-0.4, -0.2) is 37.6 Å². The predicted molar refractivity (Wildman–Crippen MR) is 51.2 cm³/mol. The van der Waals surface area contributed by atoms with Crippen LogP contribution in [0, 0.1) is 13.1 Å².